The summed E-state index contributed by atoms with van der Waals surface area (Å²) in [5.41, 5.74) is -0.483. The van der Waals surface area contributed by atoms with E-state index in [4.69, 9.17) is 4.74 Å². The Morgan fingerprint density at radius 1 is 1.26 bits per heavy atom. The number of sulfone groups is 1. The van der Waals surface area contributed by atoms with Crippen LogP contribution in [0.2, 0.25) is 0 Å². The number of carbonyl (C=O) groups is 3. The number of esters is 1. The first kappa shape index (κ1) is 21.6. The first-order valence-electron chi connectivity index (χ1n) is 8.72. The van der Waals surface area contributed by atoms with Gasteiger partial charge in [0, 0.05) is 16.7 Å². The summed E-state index contributed by atoms with van der Waals surface area (Å²) in [4.78, 5) is 37.1. The smallest absolute Gasteiger partial charge is 0.306 e. The van der Waals surface area contributed by atoms with Crippen molar-refractivity contribution in [3.05, 3.63) is 21.9 Å². The molecule has 1 aromatic heterocycles. The van der Waals surface area contributed by atoms with Gasteiger partial charge in [-0.1, -0.05) is 20.8 Å². The molecule has 0 saturated carbocycles. The van der Waals surface area contributed by atoms with Gasteiger partial charge in [-0.2, -0.15) is 0 Å². The maximum Gasteiger partial charge on any atom is 0.306 e. The third-order valence-electron chi connectivity index (χ3n) is 4.19. The van der Waals surface area contributed by atoms with E-state index in [1.54, 1.807) is 12.1 Å². The number of nitrogens with one attached hydrogen (secondary N) is 1. The number of amides is 1. The van der Waals surface area contributed by atoms with E-state index >= 15 is 0 Å². The van der Waals surface area contributed by atoms with E-state index in [1.165, 1.54) is 11.3 Å². The van der Waals surface area contributed by atoms with E-state index in [9.17, 15) is 22.8 Å². The predicted molar refractivity (Wildman–Crippen MR) is 102 cm³/mol. The number of hydrogen-bond donors (Lipinski definition) is 1. The molecule has 1 aliphatic rings. The molecule has 150 valence electrons. The Hall–Kier alpha value is -1.74. The third-order valence-corrected chi connectivity index (χ3v) is 7.15. The third kappa shape index (κ3) is 6.73. The molecule has 0 spiro atoms. The highest BCUT2D eigenvalue weighted by Crippen LogP contribution is 2.22. The largest absolute Gasteiger partial charge is 0.457 e. The molecule has 2 heterocycles. The van der Waals surface area contributed by atoms with E-state index < -0.39 is 21.2 Å². The van der Waals surface area contributed by atoms with Crippen molar-refractivity contribution < 1.29 is 27.5 Å². The second-order valence-corrected chi connectivity index (χ2v) is 11.2. The molecule has 0 radical (unpaired) electrons. The molecule has 1 saturated heterocycles. The summed E-state index contributed by atoms with van der Waals surface area (Å²) in [6.07, 6.45) is 0.473. The summed E-state index contributed by atoms with van der Waals surface area (Å²) in [5.74, 6) is -1.07. The van der Waals surface area contributed by atoms with Crippen molar-refractivity contribution in [2.24, 2.45) is 11.3 Å². The average molecular weight is 416 g/mol. The molecule has 0 aliphatic carbocycles. The normalized spacial score (nSPS) is 18.9. The molecule has 1 atom stereocenters. The summed E-state index contributed by atoms with van der Waals surface area (Å²) in [6, 6.07) is 3.40. The lowest BCUT2D eigenvalue weighted by molar-refractivity contribution is -0.143. The zero-order valence-electron chi connectivity index (χ0n) is 15.7. The number of ether oxygens (including phenoxy) is 1. The fourth-order valence-electron chi connectivity index (χ4n) is 2.60. The SMILES string of the molecule is CC(C)(C)C(=O)NCc1ccc(C(=O)COC(=O)CC2CCS(=O)(=O)C2)s1. The van der Waals surface area contributed by atoms with Crippen LogP contribution in [0.4, 0.5) is 0 Å². The van der Waals surface area contributed by atoms with Gasteiger partial charge in [-0.15, -0.1) is 11.3 Å². The van der Waals surface area contributed by atoms with Gasteiger partial charge in [0.05, 0.1) is 22.9 Å². The summed E-state index contributed by atoms with van der Waals surface area (Å²) in [7, 11) is -3.04. The number of carbonyl (C=O) groups excluding carboxylic acids is 3. The molecule has 2 rings (SSSR count). The second kappa shape index (κ2) is 8.52. The highest BCUT2D eigenvalue weighted by molar-refractivity contribution is 7.91. The van der Waals surface area contributed by atoms with Crippen molar-refractivity contribution in [2.45, 2.75) is 40.2 Å². The van der Waals surface area contributed by atoms with Gasteiger partial charge in [-0.05, 0) is 24.5 Å². The van der Waals surface area contributed by atoms with Crippen LogP contribution in [0.15, 0.2) is 12.1 Å². The highest BCUT2D eigenvalue weighted by atomic mass is 32.2. The molecule has 1 unspecified atom stereocenters. The zero-order chi connectivity index (χ0) is 20.2. The van der Waals surface area contributed by atoms with Gasteiger partial charge < -0.3 is 10.1 Å². The highest BCUT2D eigenvalue weighted by Gasteiger charge is 2.30. The van der Waals surface area contributed by atoms with E-state index in [2.05, 4.69) is 5.32 Å². The summed E-state index contributed by atoms with van der Waals surface area (Å²) < 4.78 is 27.8. The van der Waals surface area contributed by atoms with Crippen molar-refractivity contribution >= 4 is 38.8 Å². The Morgan fingerprint density at radius 2 is 1.96 bits per heavy atom. The van der Waals surface area contributed by atoms with Gasteiger partial charge >= 0.3 is 5.97 Å². The Labute approximate surface area is 163 Å². The number of thiophene rings is 1. The number of rotatable bonds is 7. The van der Waals surface area contributed by atoms with Crippen molar-refractivity contribution in [3.8, 4) is 0 Å². The second-order valence-electron chi connectivity index (χ2n) is 7.76. The lowest BCUT2D eigenvalue weighted by atomic mass is 9.96. The van der Waals surface area contributed by atoms with Gasteiger partial charge in [-0.3, -0.25) is 14.4 Å². The molecule has 1 amide bonds. The fraction of sp³-hybridized carbons (Fsp3) is 0.611. The molecule has 1 aromatic rings. The minimum absolute atomic E-state index is 0.00458. The number of hydrogen-bond acceptors (Lipinski definition) is 7. The molecular formula is C18H25NO6S2. The van der Waals surface area contributed by atoms with Crippen LogP contribution in [0.3, 0.4) is 0 Å². The molecule has 7 nitrogen and oxygen atoms in total. The summed E-state index contributed by atoms with van der Waals surface area (Å²) in [5, 5.41) is 2.81. The minimum Gasteiger partial charge on any atom is -0.457 e. The predicted octanol–water partition coefficient (Wildman–Crippen LogP) is 1.96. The van der Waals surface area contributed by atoms with Crippen molar-refractivity contribution in [1.82, 2.24) is 5.32 Å². The van der Waals surface area contributed by atoms with E-state index in [1.807, 2.05) is 20.8 Å². The Morgan fingerprint density at radius 3 is 2.56 bits per heavy atom. The standard InChI is InChI=1S/C18H25NO6S2/c1-18(2,3)17(22)19-9-13-4-5-15(26-13)14(20)10-25-16(21)8-12-6-7-27(23,24)11-12/h4-5,12H,6-11H2,1-3H3,(H,19,22). The average Bonchev–Trinajstić information content (AvgIpc) is 3.15. The van der Waals surface area contributed by atoms with Crippen molar-refractivity contribution in [1.29, 1.82) is 0 Å². The lowest BCUT2D eigenvalue weighted by Crippen LogP contribution is -2.34. The first-order valence-corrected chi connectivity index (χ1v) is 11.4. The van der Waals surface area contributed by atoms with Gasteiger partial charge in [-0.25, -0.2) is 8.42 Å². The van der Waals surface area contributed by atoms with Crippen molar-refractivity contribution in [2.75, 3.05) is 18.1 Å². The number of ketones is 1. The van der Waals surface area contributed by atoms with Crippen LogP contribution in [-0.4, -0.2) is 44.2 Å². The van der Waals surface area contributed by atoms with E-state index in [0.717, 1.165) is 4.88 Å². The molecule has 1 N–H and O–H groups in total. The van der Waals surface area contributed by atoms with Crippen molar-refractivity contribution in [3.63, 3.8) is 0 Å². The molecule has 0 bridgehead atoms. The monoisotopic (exact) mass is 415 g/mol. The first-order chi connectivity index (χ1) is 12.5. The van der Waals surface area contributed by atoms with Crippen LogP contribution in [0.25, 0.3) is 0 Å². The van der Waals surface area contributed by atoms with Crippen LogP contribution < -0.4 is 5.32 Å². The van der Waals surface area contributed by atoms with E-state index in [0.29, 0.717) is 17.8 Å². The maximum atomic E-state index is 12.2. The van der Waals surface area contributed by atoms with Crippen LogP contribution in [-0.2, 0) is 30.7 Å². The van der Waals surface area contributed by atoms with Gasteiger partial charge in [0.25, 0.3) is 0 Å². The van der Waals surface area contributed by atoms with Crippen LogP contribution in [0, 0.1) is 11.3 Å². The van der Waals surface area contributed by atoms with Gasteiger partial charge in [0.15, 0.2) is 16.4 Å². The van der Waals surface area contributed by atoms with Gasteiger partial charge in [0.2, 0.25) is 11.7 Å². The Bertz CT molecular complexity index is 819. The number of Topliss-reactive ketones (excluding diaryl/α,β-unsaturated/α-hetero) is 1. The topological polar surface area (TPSA) is 107 Å². The van der Waals surface area contributed by atoms with Gasteiger partial charge in [0.1, 0.15) is 0 Å². The van der Waals surface area contributed by atoms with E-state index in [-0.39, 0.29) is 42.1 Å². The van der Waals surface area contributed by atoms with Crippen LogP contribution in [0.5, 0.6) is 0 Å². The summed E-state index contributed by atoms with van der Waals surface area (Å²) >= 11 is 1.24. The lowest BCUT2D eigenvalue weighted by Gasteiger charge is -2.17. The maximum absolute atomic E-state index is 12.2. The Kier molecular flexibility index (Phi) is 6.80. The molecule has 9 heteroatoms. The minimum atomic E-state index is -3.04. The summed E-state index contributed by atoms with van der Waals surface area (Å²) in [6.45, 7) is 5.43. The quantitative estimate of drug-likeness (QED) is 0.539. The molecule has 0 aromatic carbocycles. The molecule has 1 fully saturated rings. The van der Waals surface area contributed by atoms with Crippen LogP contribution in [0.1, 0.15) is 48.2 Å². The van der Waals surface area contributed by atoms with Crippen LogP contribution >= 0.6 is 11.3 Å². The molecule has 27 heavy (non-hydrogen) atoms. The molecular weight excluding hydrogens is 390 g/mol. The molecule has 1 aliphatic heterocycles. The fourth-order valence-corrected chi connectivity index (χ4v) is 5.33. The Balaban J connectivity index is 1.77. The zero-order valence-corrected chi connectivity index (χ0v) is 17.4.